The Labute approximate surface area is 90.2 Å². The van der Waals surface area contributed by atoms with Crippen LogP contribution in [0.5, 0.6) is 0 Å². The molecule has 0 atom stereocenters. The lowest BCUT2D eigenvalue weighted by Crippen LogP contribution is -2.11. The number of nitro groups is 1. The Balaban J connectivity index is 2.61. The maximum Gasteiger partial charge on any atom is 0.492 e. The highest BCUT2D eigenvalue weighted by Gasteiger charge is 2.19. The van der Waals surface area contributed by atoms with E-state index in [2.05, 4.69) is 30.9 Å². The molecule has 0 bridgehead atoms. The summed E-state index contributed by atoms with van der Waals surface area (Å²) in [5, 5.41) is 22.6. The van der Waals surface area contributed by atoms with Gasteiger partial charge in [0.15, 0.2) is 0 Å². The van der Waals surface area contributed by atoms with Gasteiger partial charge in [0.1, 0.15) is 6.61 Å². The third-order valence-corrected chi connectivity index (χ3v) is 1.87. The Bertz CT molecular complexity index is 391. The Kier molecular flexibility index (Phi) is 3.49. The third kappa shape index (κ3) is 3.12. The molecule has 15 heavy (non-hydrogen) atoms. The summed E-state index contributed by atoms with van der Waals surface area (Å²) in [7, 11) is 0. The van der Waals surface area contributed by atoms with E-state index in [0.717, 1.165) is 4.68 Å². The highest BCUT2D eigenvalue weighted by Crippen LogP contribution is 2.11. The van der Waals surface area contributed by atoms with Gasteiger partial charge in [0.2, 0.25) is 0 Å². The molecule has 0 amide bonds. The van der Waals surface area contributed by atoms with Crippen molar-refractivity contribution in [1.29, 1.82) is 0 Å². The van der Waals surface area contributed by atoms with Crippen LogP contribution in [0, 0.1) is 20.2 Å². The minimum atomic E-state index is -0.959. The van der Waals surface area contributed by atoms with Crippen molar-refractivity contribution in [2.75, 3.05) is 6.61 Å². The predicted octanol–water partition coefficient (Wildman–Crippen LogP) is 0.157. The summed E-state index contributed by atoms with van der Waals surface area (Å²) in [6, 6.07) is 0. The lowest BCUT2D eigenvalue weighted by atomic mass is 10.7. The summed E-state index contributed by atoms with van der Waals surface area (Å²) in [5.74, 6) is -0.581. The second-order valence-electron chi connectivity index (χ2n) is 2.22. The topological polar surface area (TPSA) is 126 Å². The van der Waals surface area contributed by atoms with Gasteiger partial charge in [-0.3, -0.25) is 0 Å². The maximum atomic E-state index is 10.3. The summed E-state index contributed by atoms with van der Waals surface area (Å²) < 4.78 is 1.20. The summed E-state index contributed by atoms with van der Waals surface area (Å²) in [4.78, 5) is 26.8. The zero-order valence-corrected chi connectivity index (χ0v) is 8.66. The molecular weight excluding hydrogens is 278 g/mol. The first-order valence-electron chi connectivity index (χ1n) is 3.52. The van der Waals surface area contributed by atoms with E-state index >= 15 is 0 Å². The Morgan fingerprint density at radius 2 is 2.13 bits per heavy atom. The van der Waals surface area contributed by atoms with Crippen LogP contribution in [0.15, 0.2) is 4.73 Å². The third-order valence-electron chi connectivity index (χ3n) is 1.28. The summed E-state index contributed by atoms with van der Waals surface area (Å²) in [5.41, 5.74) is 0. The van der Waals surface area contributed by atoms with Crippen LogP contribution in [-0.4, -0.2) is 31.4 Å². The zero-order chi connectivity index (χ0) is 11.4. The molecule has 10 nitrogen and oxygen atoms in total. The van der Waals surface area contributed by atoms with Crippen LogP contribution in [0.3, 0.4) is 0 Å². The molecule has 11 heteroatoms. The van der Waals surface area contributed by atoms with Crippen molar-refractivity contribution in [3.05, 3.63) is 25.0 Å². The maximum absolute atomic E-state index is 10.3. The average Bonchev–Trinajstić information content (AvgIpc) is 2.47. The van der Waals surface area contributed by atoms with E-state index < -0.39 is 16.0 Å². The van der Waals surface area contributed by atoms with Crippen molar-refractivity contribution in [2.45, 2.75) is 6.54 Å². The van der Waals surface area contributed by atoms with Crippen molar-refractivity contribution in [2.24, 2.45) is 0 Å². The van der Waals surface area contributed by atoms with Crippen LogP contribution >= 0.6 is 15.9 Å². The highest BCUT2D eigenvalue weighted by molar-refractivity contribution is 9.10. The lowest BCUT2D eigenvalue weighted by Gasteiger charge is -1.95. The lowest BCUT2D eigenvalue weighted by molar-refractivity contribution is -0.758. The van der Waals surface area contributed by atoms with Crippen LogP contribution in [-0.2, 0) is 11.4 Å². The van der Waals surface area contributed by atoms with Crippen LogP contribution in [0.4, 0.5) is 5.95 Å². The zero-order valence-electron chi connectivity index (χ0n) is 7.07. The summed E-state index contributed by atoms with van der Waals surface area (Å²) >= 11 is 2.91. The van der Waals surface area contributed by atoms with Gasteiger partial charge in [0, 0.05) is 21.0 Å². The smallest absolute Gasteiger partial charge is 0.390 e. The first kappa shape index (κ1) is 11.3. The van der Waals surface area contributed by atoms with E-state index in [4.69, 9.17) is 0 Å². The summed E-state index contributed by atoms with van der Waals surface area (Å²) in [6.45, 7) is -0.269. The van der Waals surface area contributed by atoms with Gasteiger partial charge < -0.3 is 15.0 Å². The number of nitrogens with zero attached hydrogens (tertiary/aromatic N) is 5. The molecule has 1 aromatic heterocycles. The SMILES string of the molecule is O=[N+]([O-])OCCn1nc([N+](=O)[O-])nc1Br. The molecule has 0 aliphatic rings. The molecule has 0 aliphatic carbocycles. The number of hydrogen-bond acceptors (Lipinski definition) is 7. The van der Waals surface area contributed by atoms with Crippen LogP contribution in [0.1, 0.15) is 0 Å². The number of rotatable bonds is 5. The van der Waals surface area contributed by atoms with Crippen LogP contribution < -0.4 is 0 Å². The van der Waals surface area contributed by atoms with Crippen LogP contribution in [0.25, 0.3) is 0 Å². The summed E-state index contributed by atoms with van der Waals surface area (Å²) in [6.07, 6.45) is 0. The molecule has 0 N–H and O–H groups in total. The van der Waals surface area contributed by atoms with Gasteiger partial charge >= 0.3 is 5.95 Å². The monoisotopic (exact) mass is 281 g/mol. The molecule has 0 fully saturated rings. The first-order valence-corrected chi connectivity index (χ1v) is 4.32. The minimum Gasteiger partial charge on any atom is -0.390 e. The molecule has 0 aromatic carbocycles. The highest BCUT2D eigenvalue weighted by atomic mass is 79.9. The fourth-order valence-electron chi connectivity index (χ4n) is 0.733. The number of hydrogen-bond donors (Lipinski definition) is 0. The quantitative estimate of drug-likeness (QED) is 0.555. The Morgan fingerprint density at radius 1 is 1.47 bits per heavy atom. The molecule has 0 saturated heterocycles. The van der Waals surface area contributed by atoms with Crippen molar-refractivity contribution >= 4 is 21.9 Å². The standard InChI is InChI=1S/C4H4BrN5O5/c5-3-6-4(9(11)12)7-8(3)1-2-15-10(13)14/h1-2H2. The van der Waals surface area contributed by atoms with E-state index in [1.165, 1.54) is 0 Å². The minimum absolute atomic E-state index is 0.0115. The van der Waals surface area contributed by atoms with E-state index in [1.54, 1.807) is 0 Å². The fraction of sp³-hybridized carbons (Fsp3) is 0.500. The molecule has 1 heterocycles. The molecule has 1 rings (SSSR count). The molecule has 1 aromatic rings. The van der Waals surface area contributed by atoms with Gasteiger partial charge in [0.25, 0.3) is 9.82 Å². The Hall–Kier alpha value is -1.78. The van der Waals surface area contributed by atoms with Gasteiger partial charge in [-0.1, -0.05) is 0 Å². The van der Waals surface area contributed by atoms with E-state index in [-0.39, 0.29) is 17.9 Å². The largest absolute Gasteiger partial charge is 0.492 e. The molecule has 0 radical (unpaired) electrons. The van der Waals surface area contributed by atoms with Crippen LogP contribution in [0.2, 0.25) is 0 Å². The van der Waals surface area contributed by atoms with Crippen molar-refractivity contribution in [1.82, 2.24) is 14.8 Å². The molecule has 0 spiro atoms. The van der Waals surface area contributed by atoms with E-state index in [0.29, 0.717) is 0 Å². The van der Waals surface area contributed by atoms with Gasteiger partial charge in [-0.15, -0.1) is 10.1 Å². The molecule has 82 valence electrons. The average molecular weight is 282 g/mol. The van der Waals surface area contributed by atoms with Gasteiger partial charge in [-0.2, -0.15) is 4.68 Å². The molecule has 0 unspecified atom stereocenters. The van der Waals surface area contributed by atoms with Crippen molar-refractivity contribution in [3.8, 4) is 0 Å². The van der Waals surface area contributed by atoms with Gasteiger partial charge in [-0.05, 0) is 9.91 Å². The Morgan fingerprint density at radius 3 is 2.60 bits per heavy atom. The predicted molar refractivity (Wildman–Crippen MR) is 47.3 cm³/mol. The second-order valence-corrected chi connectivity index (χ2v) is 2.93. The second kappa shape index (κ2) is 4.63. The van der Waals surface area contributed by atoms with E-state index in [9.17, 15) is 20.2 Å². The van der Waals surface area contributed by atoms with Crippen molar-refractivity contribution in [3.63, 3.8) is 0 Å². The van der Waals surface area contributed by atoms with Crippen molar-refractivity contribution < 1.29 is 14.8 Å². The van der Waals surface area contributed by atoms with Gasteiger partial charge in [-0.25, -0.2) is 0 Å². The molecule has 0 saturated carbocycles. The normalized spacial score (nSPS) is 9.93. The number of aromatic nitrogens is 3. The van der Waals surface area contributed by atoms with Gasteiger partial charge in [0.05, 0.1) is 6.54 Å². The first-order chi connectivity index (χ1) is 7.00. The number of halogens is 1. The molecule has 0 aliphatic heterocycles. The van der Waals surface area contributed by atoms with E-state index in [1.807, 2.05) is 0 Å². The molecular formula is C4H4BrN5O5. The fourth-order valence-corrected chi connectivity index (χ4v) is 1.15.